The SMILES string of the molecule is CN1CCN(CC(NC(=O)c2ccc(NC(=O)c3ccco3)cc2)c2ccccc2)CC1. The number of furan rings is 1. The van der Waals surface area contributed by atoms with Gasteiger partial charge < -0.3 is 20.0 Å². The van der Waals surface area contributed by atoms with E-state index in [1.54, 1.807) is 36.4 Å². The number of benzene rings is 2. The molecule has 32 heavy (non-hydrogen) atoms. The van der Waals surface area contributed by atoms with Crippen LogP contribution in [0.1, 0.15) is 32.5 Å². The first-order valence-electron chi connectivity index (χ1n) is 10.8. The predicted octanol–water partition coefficient (Wildman–Crippen LogP) is 3.25. The lowest BCUT2D eigenvalue weighted by atomic mass is 10.0. The summed E-state index contributed by atoms with van der Waals surface area (Å²) in [6.45, 7) is 4.79. The van der Waals surface area contributed by atoms with E-state index in [1.165, 1.54) is 6.26 Å². The van der Waals surface area contributed by atoms with Crippen molar-refractivity contribution in [2.45, 2.75) is 6.04 Å². The summed E-state index contributed by atoms with van der Waals surface area (Å²) >= 11 is 0. The van der Waals surface area contributed by atoms with Crippen molar-refractivity contribution in [2.24, 2.45) is 0 Å². The molecule has 2 amide bonds. The van der Waals surface area contributed by atoms with Gasteiger partial charge in [-0.1, -0.05) is 30.3 Å². The predicted molar refractivity (Wildman–Crippen MR) is 124 cm³/mol. The van der Waals surface area contributed by atoms with Gasteiger partial charge in [0.1, 0.15) is 0 Å². The Morgan fingerprint density at radius 3 is 2.28 bits per heavy atom. The summed E-state index contributed by atoms with van der Waals surface area (Å²) in [7, 11) is 2.13. The Bertz CT molecular complexity index is 1010. The van der Waals surface area contributed by atoms with Crippen molar-refractivity contribution in [2.75, 3.05) is 45.1 Å². The van der Waals surface area contributed by atoms with Gasteiger partial charge in [-0.25, -0.2) is 0 Å². The Morgan fingerprint density at radius 2 is 1.62 bits per heavy atom. The van der Waals surface area contributed by atoms with Crippen molar-refractivity contribution >= 4 is 17.5 Å². The van der Waals surface area contributed by atoms with E-state index < -0.39 is 0 Å². The van der Waals surface area contributed by atoms with Crippen LogP contribution in [0.15, 0.2) is 77.4 Å². The Labute approximate surface area is 188 Å². The molecule has 166 valence electrons. The van der Waals surface area contributed by atoms with Crippen LogP contribution < -0.4 is 10.6 Å². The van der Waals surface area contributed by atoms with Crippen molar-refractivity contribution in [3.05, 3.63) is 89.9 Å². The van der Waals surface area contributed by atoms with E-state index in [4.69, 9.17) is 4.42 Å². The second-order valence-corrected chi connectivity index (χ2v) is 8.05. The minimum absolute atomic E-state index is 0.106. The van der Waals surface area contributed by atoms with E-state index in [-0.39, 0.29) is 23.6 Å². The monoisotopic (exact) mass is 432 g/mol. The summed E-state index contributed by atoms with van der Waals surface area (Å²) < 4.78 is 5.10. The van der Waals surface area contributed by atoms with E-state index in [1.807, 2.05) is 30.3 Å². The smallest absolute Gasteiger partial charge is 0.291 e. The van der Waals surface area contributed by atoms with Gasteiger partial charge >= 0.3 is 0 Å². The fourth-order valence-electron chi connectivity index (χ4n) is 3.76. The van der Waals surface area contributed by atoms with E-state index in [0.717, 1.165) is 38.3 Å². The lowest BCUT2D eigenvalue weighted by Gasteiger charge is -2.35. The van der Waals surface area contributed by atoms with Gasteiger partial charge in [-0.2, -0.15) is 0 Å². The molecule has 7 nitrogen and oxygen atoms in total. The molecule has 7 heteroatoms. The van der Waals surface area contributed by atoms with Gasteiger partial charge in [0.15, 0.2) is 5.76 Å². The summed E-state index contributed by atoms with van der Waals surface area (Å²) in [4.78, 5) is 29.8. The zero-order chi connectivity index (χ0) is 22.3. The van der Waals surface area contributed by atoms with Crippen LogP contribution in [0.5, 0.6) is 0 Å². The Hall–Kier alpha value is -3.42. The van der Waals surface area contributed by atoms with E-state index in [0.29, 0.717) is 11.3 Å². The Morgan fingerprint density at radius 1 is 0.906 bits per heavy atom. The highest BCUT2D eigenvalue weighted by molar-refractivity contribution is 6.02. The van der Waals surface area contributed by atoms with Crippen LogP contribution in [0.25, 0.3) is 0 Å². The van der Waals surface area contributed by atoms with Crippen LogP contribution in [-0.2, 0) is 0 Å². The number of rotatable bonds is 7. The molecule has 0 bridgehead atoms. The second-order valence-electron chi connectivity index (χ2n) is 8.05. The molecule has 0 aliphatic carbocycles. The van der Waals surface area contributed by atoms with Gasteiger partial charge in [0.25, 0.3) is 11.8 Å². The summed E-state index contributed by atoms with van der Waals surface area (Å²) in [6, 6.07) is 20.1. The van der Waals surface area contributed by atoms with Crippen LogP contribution in [0, 0.1) is 0 Å². The van der Waals surface area contributed by atoms with Gasteiger partial charge in [-0.05, 0) is 49.0 Å². The minimum atomic E-state index is -0.330. The van der Waals surface area contributed by atoms with Gasteiger partial charge in [-0.15, -0.1) is 0 Å². The minimum Gasteiger partial charge on any atom is -0.459 e. The first-order chi connectivity index (χ1) is 15.6. The van der Waals surface area contributed by atoms with Crippen molar-refractivity contribution < 1.29 is 14.0 Å². The lowest BCUT2D eigenvalue weighted by molar-refractivity contribution is 0.0907. The molecule has 3 aromatic rings. The molecule has 1 aliphatic heterocycles. The van der Waals surface area contributed by atoms with Crippen molar-refractivity contribution in [3.8, 4) is 0 Å². The lowest BCUT2D eigenvalue weighted by Crippen LogP contribution is -2.47. The molecule has 4 rings (SSSR count). The molecular formula is C25H28N4O3. The fourth-order valence-corrected chi connectivity index (χ4v) is 3.76. The number of nitrogens with zero attached hydrogens (tertiary/aromatic N) is 2. The van der Waals surface area contributed by atoms with Gasteiger partial charge in [0.05, 0.1) is 12.3 Å². The van der Waals surface area contributed by atoms with E-state index >= 15 is 0 Å². The third-order valence-electron chi connectivity index (χ3n) is 5.69. The molecule has 1 saturated heterocycles. The van der Waals surface area contributed by atoms with Gasteiger partial charge in [0, 0.05) is 44.0 Å². The normalized spacial score (nSPS) is 15.8. The van der Waals surface area contributed by atoms with Crippen molar-refractivity contribution in [1.29, 1.82) is 0 Å². The molecule has 2 N–H and O–H groups in total. The zero-order valence-corrected chi connectivity index (χ0v) is 18.2. The quantitative estimate of drug-likeness (QED) is 0.599. The summed E-state index contributed by atoms with van der Waals surface area (Å²) in [5.74, 6) is -0.234. The number of likely N-dealkylation sites (N-methyl/N-ethyl adjacent to an activating group) is 1. The summed E-state index contributed by atoms with van der Waals surface area (Å²) in [6.07, 6.45) is 1.45. The molecular weight excluding hydrogens is 404 g/mol. The van der Waals surface area contributed by atoms with Crippen LogP contribution in [0.2, 0.25) is 0 Å². The molecule has 1 aliphatic rings. The van der Waals surface area contributed by atoms with E-state index in [2.05, 4.69) is 27.5 Å². The highest BCUT2D eigenvalue weighted by Gasteiger charge is 2.21. The average molecular weight is 433 g/mol. The van der Waals surface area contributed by atoms with Crippen molar-refractivity contribution in [3.63, 3.8) is 0 Å². The van der Waals surface area contributed by atoms with Crippen LogP contribution >= 0.6 is 0 Å². The second kappa shape index (κ2) is 10.3. The summed E-state index contributed by atoms with van der Waals surface area (Å²) in [5.41, 5.74) is 2.22. The maximum atomic E-state index is 13.0. The Kier molecular flexibility index (Phi) is 6.99. The molecule has 2 aromatic carbocycles. The third-order valence-corrected chi connectivity index (χ3v) is 5.69. The molecule has 0 radical (unpaired) electrons. The first kappa shape index (κ1) is 21.8. The number of hydrogen-bond acceptors (Lipinski definition) is 5. The number of carbonyl (C=O) groups is 2. The third kappa shape index (κ3) is 5.63. The standard InChI is InChI=1S/C25H28N4O3/c1-28-13-15-29(16-14-28)18-22(19-6-3-2-4-7-19)27-24(30)20-9-11-21(12-10-20)26-25(31)23-8-5-17-32-23/h2-12,17,22H,13-16,18H2,1H3,(H,26,31)(H,27,30). The number of hydrogen-bond donors (Lipinski definition) is 2. The number of anilines is 1. The molecule has 2 heterocycles. The number of nitrogens with one attached hydrogen (secondary N) is 2. The topological polar surface area (TPSA) is 77.8 Å². The largest absolute Gasteiger partial charge is 0.459 e. The summed E-state index contributed by atoms with van der Waals surface area (Å²) in [5, 5.41) is 5.95. The fraction of sp³-hybridized carbons (Fsp3) is 0.280. The van der Waals surface area contributed by atoms with E-state index in [9.17, 15) is 9.59 Å². The number of piperazine rings is 1. The van der Waals surface area contributed by atoms with Crippen molar-refractivity contribution in [1.82, 2.24) is 15.1 Å². The maximum Gasteiger partial charge on any atom is 0.291 e. The number of carbonyl (C=O) groups excluding carboxylic acids is 2. The van der Waals surface area contributed by atoms with Crippen LogP contribution in [0.3, 0.4) is 0 Å². The molecule has 1 unspecified atom stereocenters. The number of amides is 2. The van der Waals surface area contributed by atoms with Gasteiger partial charge in [-0.3, -0.25) is 14.5 Å². The first-order valence-corrected chi connectivity index (χ1v) is 10.8. The zero-order valence-electron chi connectivity index (χ0n) is 18.2. The Balaban J connectivity index is 1.41. The molecule has 1 fully saturated rings. The van der Waals surface area contributed by atoms with Gasteiger partial charge in [0.2, 0.25) is 0 Å². The van der Waals surface area contributed by atoms with Crippen LogP contribution in [0.4, 0.5) is 5.69 Å². The van der Waals surface area contributed by atoms with Crippen LogP contribution in [-0.4, -0.2) is 61.4 Å². The molecule has 1 atom stereocenters. The highest BCUT2D eigenvalue weighted by atomic mass is 16.3. The molecule has 0 spiro atoms. The highest BCUT2D eigenvalue weighted by Crippen LogP contribution is 2.18. The molecule has 0 saturated carbocycles. The maximum absolute atomic E-state index is 13.0. The molecule has 1 aromatic heterocycles. The average Bonchev–Trinajstić information content (AvgIpc) is 3.36.